The molecule has 0 atom stereocenters. The van der Waals surface area contributed by atoms with Gasteiger partial charge >= 0.3 is 0 Å². The molecule has 2 heteroatoms. The van der Waals surface area contributed by atoms with Gasteiger partial charge < -0.3 is 4.90 Å². The maximum Gasteiger partial charge on any atom is 0.0464 e. The second-order valence-corrected chi connectivity index (χ2v) is 12.7. The molecule has 0 aliphatic carbocycles. The Hall–Kier alpha value is -5.18. The second-order valence-electron chi connectivity index (χ2n) is 11.6. The molecule has 0 spiro atoms. The van der Waals surface area contributed by atoms with E-state index in [0.29, 0.717) is 0 Å². The van der Waals surface area contributed by atoms with Crippen LogP contribution in [-0.4, -0.2) is 0 Å². The van der Waals surface area contributed by atoms with E-state index in [9.17, 15) is 0 Å². The minimum atomic E-state index is 1.15. The predicted molar refractivity (Wildman–Crippen MR) is 199 cm³/mol. The van der Waals surface area contributed by atoms with E-state index in [1.54, 1.807) is 0 Å². The molecule has 7 rings (SSSR count). The Labute approximate surface area is 270 Å². The summed E-state index contributed by atoms with van der Waals surface area (Å²) in [5.41, 5.74) is 9.80. The van der Waals surface area contributed by atoms with Gasteiger partial charge in [0.15, 0.2) is 0 Å². The third kappa shape index (κ3) is 5.85. The van der Waals surface area contributed by atoms with Gasteiger partial charge in [-0.1, -0.05) is 97.1 Å². The Morgan fingerprint density at radius 2 is 1.04 bits per heavy atom. The zero-order valence-electron chi connectivity index (χ0n) is 25.9. The predicted octanol–water partition coefficient (Wildman–Crippen LogP) is 12.8. The van der Waals surface area contributed by atoms with Crippen LogP contribution in [0.1, 0.15) is 37.6 Å². The van der Waals surface area contributed by atoms with Crippen LogP contribution in [0.4, 0.5) is 17.1 Å². The summed E-state index contributed by atoms with van der Waals surface area (Å²) in [7, 11) is 0. The van der Waals surface area contributed by atoms with Crippen LogP contribution in [0.5, 0.6) is 0 Å². The van der Waals surface area contributed by atoms with Crippen LogP contribution >= 0.6 is 11.3 Å². The lowest BCUT2D eigenvalue weighted by Crippen LogP contribution is -2.10. The lowest BCUT2D eigenvalue weighted by molar-refractivity contribution is 1.26. The highest BCUT2D eigenvalue weighted by molar-refractivity contribution is 7.13. The van der Waals surface area contributed by atoms with Gasteiger partial charge in [0.1, 0.15) is 0 Å². The van der Waals surface area contributed by atoms with Gasteiger partial charge in [-0.05, 0) is 131 Å². The number of hydrogen-bond donors (Lipinski definition) is 0. The molecule has 218 valence electrons. The van der Waals surface area contributed by atoms with Crippen LogP contribution in [0.3, 0.4) is 0 Å². The van der Waals surface area contributed by atoms with Crippen LogP contribution in [0.15, 0.2) is 133 Å². The highest BCUT2D eigenvalue weighted by atomic mass is 32.1. The zero-order valence-corrected chi connectivity index (χ0v) is 26.7. The molecule has 0 aliphatic rings. The first kappa shape index (κ1) is 28.6. The molecule has 0 saturated heterocycles. The molecular weight excluding hydrogens is 563 g/mol. The summed E-state index contributed by atoms with van der Waals surface area (Å²) >= 11 is 1.81. The molecule has 1 nitrogen and oxygen atoms in total. The Balaban J connectivity index is 1.15. The zero-order chi connectivity index (χ0) is 30.8. The quantitative estimate of drug-likeness (QED) is 0.165. The Bertz CT molecular complexity index is 2140. The van der Waals surface area contributed by atoms with E-state index >= 15 is 0 Å². The van der Waals surface area contributed by atoms with Crippen LogP contribution in [0.2, 0.25) is 0 Å². The summed E-state index contributed by atoms with van der Waals surface area (Å²) in [6.45, 7) is 6.57. The summed E-state index contributed by atoms with van der Waals surface area (Å²) in [5.74, 6) is 0. The molecule has 0 radical (unpaired) electrons. The highest BCUT2D eigenvalue weighted by Crippen LogP contribution is 2.37. The van der Waals surface area contributed by atoms with Crippen molar-refractivity contribution < 1.29 is 0 Å². The number of nitrogens with zero attached hydrogens (tertiary/aromatic N) is 1. The number of anilines is 3. The van der Waals surface area contributed by atoms with Crippen molar-refractivity contribution in [3.63, 3.8) is 0 Å². The molecule has 0 fully saturated rings. The van der Waals surface area contributed by atoms with E-state index in [2.05, 4.69) is 183 Å². The third-order valence-electron chi connectivity index (χ3n) is 8.52. The molecule has 45 heavy (non-hydrogen) atoms. The Morgan fingerprint density at radius 1 is 0.467 bits per heavy atom. The lowest BCUT2D eigenvalue weighted by Gasteiger charge is -2.26. The summed E-state index contributed by atoms with van der Waals surface area (Å²) < 4.78 is 0. The minimum Gasteiger partial charge on any atom is -0.310 e. The van der Waals surface area contributed by atoms with Crippen molar-refractivity contribution >= 4 is 74.2 Å². The largest absolute Gasteiger partial charge is 0.310 e. The first-order valence-electron chi connectivity index (χ1n) is 15.4. The third-order valence-corrected chi connectivity index (χ3v) is 9.53. The SMILES string of the molecule is Cc1cccc(N(c2ccccc2)c2ccc(C=Cc3ccc(C=Cc4c5ccccc5c(C)c5ccccc45)s3)c(C)c2)c1. The highest BCUT2D eigenvalue weighted by Gasteiger charge is 2.13. The summed E-state index contributed by atoms with van der Waals surface area (Å²) in [5, 5.41) is 5.23. The van der Waals surface area contributed by atoms with Crippen LogP contribution in [0, 0.1) is 20.8 Å². The number of benzene rings is 6. The summed E-state index contributed by atoms with van der Waals surface area (Å²) in [6.07, 6.45) is 9.02. The van der Waals surface area contributed by atoms with Gasteiger partial charge in [0, 0.05) is 26.8 Å². The van der Waals surface area contributed by atoms with Gasteiger partial charge in [0.05, 0.1) is 0 Å². The van der Waals surface area contributed by atoms with E-state index < -0.39 is 0 Å². The van der Waals surface area contributed by atoms with E-state index in [0.717, 1.165) is 17.1 Å². The first-order chi connectivity index (χ1) is 22.0. The van der Waals surface area contributed by atoms with Crippen molar-refractivity contribution in [1.82, 2.24) is 0 Å². The monoisotopic (exact) mass is 597 g/mol. The lowest BCUT2D eigenvalue weighted by atomic mass is 9.92. The average Bonchev–Trinajstić information content (AvgIpc) is 3.53. The molecule has 0 bridgehead atoms. The number of para-hydroxylation sites is 1. The standard InChI is InChI=1S/C43H35NS/c1-30-12-11-15-35(28-30)44(34-13-5-4-6-14-34)36-22-20-33(31(2)29-36)21-23-37-24-25-38(45-37)26-27-43-41-18-9-7-16-39(41)32(3)40-17-8-10-19-42(40)43/h4-29H,1-3H3. The molecular formula is C43H35NS. The van der Waals surface area contributed by atoms with Crippen LogP contribution in [0.25, 0.3) is 45.8 Å². The number of rotatable bonds is 7. The van der Waals surface area contributed by atoms with Crippen molar-refractivity contribution in [3.8, 4) is 0 Å². The number of hydrogen-bond acceptors (Lipinski definition) is 2. The van der Waals surface area contributed by atoms with Crippen molar-refractivity contribution in [3.05, 3.63) is 171 Å². The number of aryl methyl sites for hydroxylation is 3. The molecule has 1 heterocycles. The van der Waals surface area contributed by atoms with Gasteiger partial charge in [0.25, 0.3) is 0 Å². The maximum atomic E-state index is 2.33. The van der Waals surface area contributed by atoms with E-state index in [4.69, 9.17) is 0 Å². The van der Waals surface area contributed by atoms with Crippen molar-refractivity contribution in [1.29, 1.82) is 0 Å². The van der Waals surface area contributed by atoms with Gasteiger partial charge in [0.2, 0.25) is 0 Å². The fraction of sp³-hybridized carbons (Fsp3) is 0.0698. The van der Waals surface area contributed by atoms with Crippen LogP contribution in [-0.2, 0) is 0 Å². The second kappa shape index (κ2) is 12.4. The van der Waals surface area contributed by atoms with Crippen molar-refractivity contribution in [2.24, 2.45) is 0 Å². The Morgan fingerprint density at radius 3 is 1.69 bits per heavy atom. The smallest absolute Gasteiger partial charge is 0.0464 e. The maximum absolute atomic E-state index is 2.33. The van der Waals surface area contributed by atoms with Crippen molar-refractivity contribution in [2.45, 2.75) is 20.8 Å². The van der Waals surface area contributed by atoms with E-state index in [1.165, 1.54) is 59.1 Å². The topological polar surface area (TPSA) is 3.24 Å². The number of thiophene rings is 1. The molecule has 0 aliphatic heterocycles. The molecule has 0 unspecified atom stereocenters. The minimum absolute atomic E-state index is 1.15. The van der Waals surface area contributed by atoms with Gasteiger partial charge in [-0.2, -0.15) is 0 Å². The molecule has 0 N–H and O–H groups in total. The molecule has 1 aromatic heterocycles. The van der Waals surface area contributed by atoms with Gasteiger partial charge in [-0.3, -0.25) is 0 Å². The Kier molecular flexibility index (Phi) is 7.90. The fourth-order valence-corrected chi connectivity index (χ4v) is 7.04. The van der Waals surface area contributed by atoms with Crippen molar-refractivity contribution in [2.75, 3.05) is 4.90 Å². The van der Waals surface area contributed by atoms with E-state index in [-0.39, 0.29) is 0 Å². The van der Waals surface area contributed by atoms with Gasteiger partial charge in [-0.25, -0.2) is 0 Å². The van der Waals surface area contributed by atoms with E-state index in [1.807, 2.05) is 11.3 Å². The normalized spacial score (nSPS) is 11.7. The first-order valence-corrected chi connectivity index (χ1v) is 16.3. The molecule has 0 amide bonds. The average molecular weight is 598 g/mol. The summed E-state index contributed by atoms with van der Waals surface area (Å²) in [6, 6.07) is 47.9. The number of fused-ring (bicyclic) bond motifs is 2. The summed E-state index contributed by atoms with van der Waals surface area (Å²) in [4.78, 5) is 4.81. The fourth-order valence-electron chi connectivity index (χ4n) is 6.22. The molecule has 6 aromatic carbocycles. The van der Waals surface area contributed by atoms with Gasteiger partial charge in [-0.15, -0.1) is 11.3 Å². The molecule has 7 aromatic rings. The molecule has 0 saturated carbocycles. The van der Waals surface area contributed by atoms with Crippen LogP contribution < -0.4 is 4.90 Å².